The number of carbonyl (C=O) groups is 2. The maximum Gasteiger partial charge on any atom is 0.296 e. The second-order valence-electron chi connectivity index (χ2n) is 7.06. The summed E-state index contributed by atoms with van der Waals surface area (Å²) in [6, 6.07) is 12.5. The Balaban J connectivity index is 1.92. The Bertz CT molecular complexity index is 1200. The number of rotatable bonds is 5. The number of hydrogen-bond acceptors (Lipinski definition) is 6. The average molecular weight is 455 g/mol. The number of anilines is 1. The van der Waals surface area contributed by atoms with Gasteiger partial charge in [0.1, 0.15) is 11.8 Å². The van der Waals surface area contributed by atoms with E-state index in [0.29, 0.717) is 27.0 Å². The van der Waals surface area contributed by atoms with Gasteiger partial charge in [0.15, 0.2) is 16.7 Å². The van der Waals surface area contributed by atoms with Crippen LogP contribution >= 0.6 is 22.9 Å². The van der Waals surface area contributed by atoms with Crippen LogP contribution in [0.4, 0.5) is 5.13 Å². The summed E-state index contributed by atoms with van der Waals surface area (Å²) in [5, 5.41) is 11.7. The number of carbonyl (C=O) groups excluding carboxylic acids is 2. The van der Waals surface area contributed by atoms with Crippen molar-refractivity contribution in [1.29, 1.82) is 0 Å². The molecule has 0 saturated heterocycles. The van der Waals surface area contributed by atoms with Gasteiger partial charge in [-0.2, -0.15) is 0 Å². The highest BCUT2D eigenvalue weighted by Gasteiger charge is 2.46. The lowest BCUT2D eigenvalue weighted by Crippen LogP contribution is -2.31. The first kappa shape index (κ1) is 21.1. The van der Waals surface area contributed by atoms with Gasteiger partial charge in [-0.05, 0) is 44.2 Å². The first-order valence-electron chi connectivity index (χ1n) is 9.47. The van der Waals surface area contributed by atoms with Crippen molar-refractivity contribution in [1.82, 2.24) is 4.98 Å². The standard InChI is InChI=1S/C23H19ClN2O4S/c1-12-13(2)31-23(25-12)26-19(16-6-4-5-7-17(16)30-3)18(21(28)22(26)29)20(27)14-8-10-15(24)11-9-14/h4-11,19,28H,1-3H3. The summed E-state index contributed by atoms with van der Waals surface area (Å²) in [6.07, 6.45) is 0. The number of aromatic nitrogens is 1. The summed E-state index contributed by atoms with van der Waals surface area (Å²) in [5.74, 6) is -1.25. The maximum absolute atomic E-state index is 13.4. The van der Waals surface area contributed by atoms with E-state index in [-0.39, 0.29) is 5.57 Å². The van der Waals surface area contributed by atoms with Gasteiger partial charge in [-0.3, -0.25) is 14.5 Å². The summed E-state index contributed by atoms with van der Waals surface area (Å²) in [5.41, 5.74) is 1.64. The second-order valence-corrected chi connectivity index (χ2v) is 8.67. The number of methoxy groups -OCH3 is 1. The molecule has 1 aliphatic heterocycles. The minimum absolute atomic E-state index is 0.0256. The minimum Gasteiger partial charge on any atom is -0.503 e. The number of aliphatic hydroxyl groups is 1. The fourth-order valence-corrected chi connectivity index (χ4v) is 4.60. The fraction of sp³-hybridized carbons (Fsp3) is 0.174. The Labute approximate surface area is 188 Å². The number of aliphatic hydroxyl groups excluding tert-OH is 1. The van der Waals surface area contributed by atoms with Crippen LogP contribution in [0.1, 0.15) is 32.5 Å². The van der Waals surface area contributed by atoms with E-state index in [4.69, 9.17) is 16.3 Å². The second kappa shape index (κ2) is 8.17. The van der Waals surface area contributed by atoms with E-state index >= 15 is 0 Å². The lowest BCUT2D eigenvalue weighted by Gasteiger charge is -2.26. The molecule has 1 amide bonds. The zero-order valence-corrected chi connectivity index (χ0v) is 18.6. The number of amides is 1. The van der Waals surface area contributed by atoms with Crippen LogP contribution in [0.2, 0.25) is 5.02 Å². The number of halogens is 1. The normalized spacial score (nSPS) is 16.2. The molecule has 0 saturated carbocycles. The van der Waals surface area contributed by atoms with Gasteiger partial charge < -0.3 is 9.84 Å². The van der Waals surface area contributed by atoms with Crippen molar-refractivity contribution in [2.75, 3.05) is 12.0 Å². The van der Waals surface area contributed by atoms with E-state index in [1.54, 1.807) is 48.5 Å². The predicted octanol–water partition coefficient (Wildman–Crippen LogP) is 5.20. The van der Waals surface area contributed by atoms with Crippen molar-refractivity contribution in [2.45, 2.75) is 19.9 Å². The molecule has 0 spiro atoms. The molecule has 31 heavy (non-hydrogen) atoms. The highest BCUT2D eigenvalue weighted by atomic mass is 35.5. The Morgan fingerprint density at radius 3 is 2.45 bits per heavy atom. The molecule has 2 heterocycles. The number of ketones is 1. The molecule has 1 atom stereocenters. The smallest absolute Gasteiger partial charge is 0.296 e. The number of hydrogen-bond donors (Lipinski definition) is 1. The van der Waals surface area contributed by atoms with Crippen LogP contribution in [0.5, 0.6) is 5.75 Å². The van der Waals surface area contributed by atoms with Crippen molar-refractivity contribution in [3.05, 3.63) is 86.6 Å². The van der Waals surface area contributed by atoms with E-state index in [9.17, 15) is 14.7 Å². The molecule has 4 rings (SSSR count). The Morgan fingerprint density at radius 1 is 1.16 bits per heavy atom. The lowest BCUT2D eigenvalue weighted by atomic mass is 9.92. The van der Waals surface area contributed by atoms with Gasteiger partial charge >= 0.3 is 0 Å². The summed E-state index contributed by atoms with van der Waals surface area (Å²) >= 11 is 7.28. The molecule has 1 unspecified atom stereocenters. The number of benzene rings is 2. The predicted molar refractivity (Wildman–Crippen MR) is 120 cm³/mol. The van der Waals surface area contributed by atoms with Crippen molar-refractivity contribution < 1.29 is 19.4 Å². The van der Waals surface area contributed by atoms with Crippen LogP contribution in [0, 0.1) is 13.8 Å². The van der Waals surface area contributed by atoms with Crippen molar-refractivity contribution in [3.8, 4) is 5.75 Å². The molecular weight excluding hydrogens is 436 g/mol. The molecule has 158 valence electrons. The monoisotopic (exact) mass is 454 g/mol. The number of aryl methyl sites for hydroxylation is 2. The summed E-state index contributed by atoms with van der Waals surface area (Å²) in [4.78, 5) is 33.4. The molecule has 1 N–H and O–H groups in total. The number of ether oxygens (including phenoxy) is 1. The summed E-state index contributed by atoms with van der Waals surface area (Å²) in [6.45, 7) is 3.75. The largest absolute Gasteiger partial charge is 0.503 e. The average Bonchev–Trinajstić information content (AvgIpc) is 3.23. The highest BCUT2D eigenvalue weighted by molar-refractivity contribution is 7.15. The minimum atomic E-state index is -0.892. The Morgan fingerprint density at radius 2 is 1.84 bits per heavy atom. The molecule has 3 aromatic rings. The molecule has 0 radical (unpaired) electrons. The molecule has 6 nitrogen and oxygen atoms in total. The van der Waals surface area contributed by atoms with E-state index in [2.05, 4.69) is 4.98 Å². The van der Waals surface area contributed by atoms with Gasteiger partial charge in [0.2, 0.25) is 0 Å². The third kappa shape index (κ3) is 3.60. The van der Waals surface area contributed by atoms with Gasteiger partial charge in [0.25, 0.3) is 5.91 Å². The van der Waals surface area contributed by atoms with Crippen LogP contribution < -0.4 is 9.64 Å². The summed E-state index contributed by atoms with van der Waals surface area (Å²) < 4.78 is 5.50. The van der Waals surface area contributed by atoms with Gasteiger partial charge in [0.05, 0.1) is 18.4 Å². The molecule has 2 aromatic carbocycles. The topological polar surface area (TPSA) is 79.7 Å². The van der Waals surface area contributed by atoms with Crippen LogP contribution in [-0.2, 0) is 4.79 Å². The van der Waals surface area contributed by atoms with Crippen molar-refractivity contribution in [2.24, 2.45) is 0 Å². The number of nitrogens with zero attached hydrogens (tertiary/aromatic N) is 2. The fourth-order valence-electron chi connectivity index (χ4n) is 3.54. The van der Waals surface area contributed by atoms with E-state index in [1.165, 1.54) is 23.3 Å². The summed E-state index contributed by atoms with van der Waals surface area (Å²) in [7, 11) is 1.52. The number of para-hydroxylation sites is 1. The van der Waals surface area contributed by atoms with E-state index in [0.717, 1.165) is 10.6 Å². The quantitative estimate of drug-likeness (QED) is 0.535. The number of thiazole rings is 1. The van der Waals surface area contributed by atoms with Crippen LogP contribution in [0.25, 0.3) is 0 Å². The number of Topliss-reactive ketones (excluding diaryl/α,β-unsaturated/α-hetero) is 1. The van der Waals surface area contributed by atoms with Gasteiger partial charge in [-0.15, -0.1) is 11.3 Å². The van der Waals surface area contributed by atoms with Crippen molar-refractivity contribution in [3.63, 3.8) is 0 Å². The molecular formula is C23H19ClN2O4S. The first-order valence-corrected chi connectivity index (χ1v) is 10.7. The van der Waals surface area contributed by atoms with Crippen LogP contribution in [-0.4, -0.2) is 28.9 Å². The van der Waals surface area contributed by atoms with Gasteiger partial charge in [-0.25, -0.2) is 4.98 Å². The maximum atomic E-state index is 13.4. The lowest BCUT2D eigenvalue weighted by molar-refractivity contribution is -0.117. The van der Waals surface area contributed by atoms with E-state index in [1.807, 2.05) is 13.8 Å². The van der Waals surface area contributed by atoms with Crippen LogP contribution in [0.3, 0.4) is 0 Å². The highest BCUT2D eigenvalue weighted by Crippen LogP contribution is 2.45. The van der Waals surface area contributed by atoms with Gasteiger partial charge in [0, 0.05) is 21.0 Å². The zero-order valence-electron chi connectivity index (χ0n) is 17.0. The Hall–Kier alpha value is -3.16. The van der Waals surface area contributed by atoms with Crippen LogP contribution in [0.15, 0.2) is 59.9 Å². The molecule has 0 bridgehead atoms. The molecule has 1 aliphatic rings. The molecule has 0 fully saturated rings. The van der Waals surface area contributed by atoms with Crippen molar-refractivity contribution >= 4 is 39.8 Å². The first-order chi connectivity index (χ1) is 14.8. The third-order valence-corrected chi connectivity index (χ3v) is 6.54. The zero-order chi connectivity index (χ0) is 22.3. The molecule has 0 aliphatic carbocycles. The van der Waals surface area contributed by atoms with E-state index < -0.39 is 23.5 Å². The van der Waals surface area contributed by atoms with Gasteiger partial charge in [-0.1, -0.05) is 29.8 Å². The molecule has 8 heteroatoms. The Kier molecular flexibility index (Phi) is 5.56. The third-order valence-electron chi connectivity index (χ3n) is 5.22. The molecule has 1 aromatic heterocycles. The SMILES string of the molecule is COc1ccccc1C1C(C(=O)c2ccc(Cl)cc2)=C(O)C(=O)N1c1nc(C)c(C)s1.